The monoisotopic (exact) mass is 402 g/mol. The Labute approximate surface area is 171 Å². The van der Waals surface area contributed by atoms with Gasteiger partial charge >= 0.3 is 0 Å². The molecule has 0 N–H and O–H groups in total. The maximum Gasteiger partial charge on any atom is 0.263 e. The Morgan fingerprint density at radius 1 is 1.18 bits per heavy atom. The van der Waals surface area contributed by atoms with E-state index in [0.717, 1.165) is 57.0 Å². The van der Waals surface area contributed by atoms with E-state index < -0.39 is 0 Å². The number of piperidine rings is 1. The number of likely N-dealkylation sites (tertiary alicyclic amines) is 1. The van der Waals surface area contributed by atoms with E-state index in [1.807, 2.05) is 24.0 Å². The minimum Gasteiger partial charge on any atom is -0.338 e. The van der Waals surface area contributed by atoms with Crippen molar-refractivity contribution in [1.29, 1.82) is 0 Å². The van der Waals surface area contributed by atoms with Crippen molar-refractivity contribution in [2.45, 2.75) is 44.3 Å². The van der Waals surface area contributed by atoms with Gasteiger partial charge in [-0.25, -0.2) is 0 Å². The summed E-state index contributed by atoms with van der Waals surface area (Å²) in [4.78, 5) is 37.3. The average Bonchev–Trinajstić information content (AvgIpc) is 3.38. The summed E-state index contributed by atoms with van der Waals surface area (Å²) in [5.41, 5.74) is -0.173. The maximum atomic E-state index is 13.3. The molecule has 1 aromatic rings. The number of aryl methyl sites for hydroxylation is 1. The van der Waals surface area contributed by atoms with Crippen LogP contribution in [-0.4, -0.2) is 89.4 Å². The van der Waals surface area contributed by atoms with Crippen LogP contribution in [0.4, 0.5) is 0 Å². The van der Waals surface area contributed by atoms with E-state index in [1.54, 1.807) is 11.3 Å². The molecule has 1 aliphatic carbocycles. The Morgan fingerprint density at radius 2 is 1.93 bits per heavy atom. The Hall–Kier alpha value is -1.44. The molecule has 7 heteroatoms. The largest absolute Gasteiger partial charge is 0.338 e. The van der Waals surface area contributed by atoms with Crippen LogP contribution in [0, 0.1) is 12.8 Å². The first-order valence-corrected chi connectivity index (χ1v) is 11.4. The summed E-state index contributed by atoms with van der Waals surface area (Å²) in [5, 5.41) is 0. The summed E-state index contributed by atoms with van der Waals surface area (Å²) in [7, 11) is 2.12. The summed E-state index contributed by atoms with van der Waals surface area (Å²) in [6.07, 6.45) is 4.27. The normalized spacial score (nSPS) is 28.2. The van der Waals surface area contributed by atoms with Gasteiger partial charge in [-0.15, -0.1) is 11.3 Å². The molecule has 4 aliphatic rings. The number of nitrogens with zero attached hydrogens (tertiary/aromatic N) is 4. The molecule has 4 heterocycles. The van der Waals surface area contributed by atoms with Crippen LogP contribution >= 0.6 is 11.3 Å². The molecular weight excluding hydrogens is 372 g/mol. The predicted molar refractivity (Wildman–Crippen MR) is 109 cm³/mol. The van der Waals surface area contributed by atoms with Gasteiger partial charge < -0.3 is 14.7 Å². The summed E-state index contributed by atoms with van der Waals surface area (Å²) in [6, 6.07) is 3.96. The van der Waals surface area contributed by atoms with Crippen molar-refractivity contribution in [1.82, 2.24) is 19.6 Å². The predicted octanol–water partition coefficient (Wildman–Crippen LogP) is 1.86. The molecule has 5 rings (SSSR count). The second kappa shape index (κ2) is 6.82. The van der Waals surface area contributed by atoms with E-state index in [2.05, 4.69) is 21.7 Å². The standard InChI is InChI=1S/C21H30N4O2S/c1-15-3-6-18(28-15)20(27)23-9-7-21(8-10-23)24-12-11-22(2)14-17(24)19(26)25(21)13-16-4-5-16/h3,6,16-17H,4-5,7-14H2,1-2H3/t17-/m1/s1. The molecular formula is C21H30N4O2S. The van der Waals surface area contributed by atoms with Crippen molar-refractivity contribution in [2.24, 2.45) is 5.92 Å². The fourth-order valence-corrected chi connectivity index (χ4v) is 6.15. The third-order valence-corrected chi connectivity index (χ3v) is 8.10. The Kier molecular flexibility index (Phi) is 4.52. The summed E-state index contributed by atoms with van der Waals surface area (Å²) in [6.45, 7) is 7.23. The molecule has 3 saturated heterocycles. The first-order chi connectivity index (χ1) is 13.5. The Morgan fingerprint density at radius 3 is 2.57 bits per heavy atom. The van der Waals surface area contributed by atoms with E-state index in [4.69, 9.17) is 0 Å². The van der Waals surface area contributed by atoms with Crippen LogP contribution in [0.5, 0.6) is 0 Å². The molecule has 0 unspecified atom stereocenters. The van der Waals surface area contributed by atoms with Crippen molar-refractivity contribution in [2.75, 3.05) is 46.3 Å². The highest BCUT2D eigenvalue weighted by Gasteiger charge is 2.59. The van der Waals surface area contributed by atoms with Gasteiger partial charge in [0.1, 0.15) is 11.7 Å². The fourth-order valence-electron chi connectivity index (χ4n) is 5.32. The van der Waals surface area contributed by atoms with Crippen LogP contribution < -0.4 is 0 Å². The van der Waals surface area contributed by atoms with Crippen molar-refractivity contribution >= 4 is 23.2 Å². The minimum absolute atomic E-state index is 0.000280. The van der Waals surface area contributed by atoms with Crippen LogP contribution in [0.25, 0.3) is 0 Å². The number of carbonyl (C=O) groups is 2. The molecule has 1 atom stereocenters. The van der Waals surface area contributed by atoms with E-state index >= 15 is 0 Å². The number of thiophene rings is 1. The Bertz CT molecular complexity index is 781. The molecule has 1 aromatic heterocycles. The van der Waals surface area contributed by atoms with Crippen molar-refractivity contribution in [3.8, 4) is 0 Å². The highest BCUT2D eigenvalue weighted by atomic mass is 32.1. The zero-order chi connectivity index (χ0) is 19.5. The third-order valence-electron chi connectivity index (χ3n) is 7.11. The molecule has 4 fully saturated rings. The first-order valence-electron chi connectivity index (χ1n) is 10.6. The van der Waals surface area contributed by atoms with Gasteiger partial charge in [0.15, 0.2) is 0 Å². The quantitative estimate of drug-likeness (QED) is 0.774. The molecule has 2 amide bonds. The van der Waals surface area contributed by atoms with Gasteiger partial charge in [-0.1, -0.05) is 0 Å². The molecule has 28 heavy (non-hydrogen) atoms. The number of hydrogen-bond donors (Lipinski definition) is 0. The van der Waals surface area contributed by atoms with Crippen molar-refractivity contribution in [3.05, 3.63) is 21.9 Å². The molecule has 152 valence electrons. The van der Waals surface area contributed by atoms with Gasteiger partial charge in [-0.3, -0.25) is 14.5 Å². The lowest BCUT2D eigenvalue weighted by atomic mass is 9.93. The number of piperazine rings is 1. The topological polar surface area (TPSA) is 47.1 Å². The minimum atomic E-state index is -0.173. The SMILES string of the molecule is Cc1ccc(C(=O)N2CCC3(CC2)N(CC2CC2)C(=O)[C@H]2CN(C)CCN23)s1. The van der Waals surface area contributed by atoms with Crippen LogP contribution in [0.3, 0.4) is 0 Å². The molecule has 3 aliphatic heterocycles. The molecule has 1 spiro atoms. The second-order valence-corrected chi connectivity index (χ2v) is 10.3. The van der Waals surface area contributed by atoms with E-state index in [-0.39, 0.29) is 17.6 Å². The number of likely N-dealkylation sites (N-methyl/N-ethyl adjacent to an activating group) is 1. The van der Waals surface area contributed by atoms with Gasteiger partial charge in [-0.05, 0) is 44.9 Å². The lowest BCUT2D eigenvalue weighted by Gasteiger charge is -2.50. The van der Waals surface area contributed by atoms with Gasteiger partial charge in [-0.2, -0.15) is 0 Å². The smallest absolute Gasteiger partial charge is 0.263 e. The van der Waals surface area contributed by atoms with Gasteiger partial charge in [0.25, 0.3) is 5.91 Å². The number of carbonyl (C=O) groups excluding carboxylic acids is 2. The van der Waals surface area contributed by atoms with Crippen molar-refractivity contribution in [3.63, 3.8) is 0 Å². The first kappa shape index (κ1) is 18.6. The van der Waals surface area contributed by atoms with Crippen molar-refractivity contribution < 1.29 is 9.59 Å². The summed E-state index contributed by atoms with van der Waals surface area (Å²) in [5.74, 6) is 1.17. The molecule has 1 saturated carbocycles. The zero-order valence-corrected chi connectivity index (χ0v) is 17.7. The molecule has 6 nitrogen and oxygen atoms in total. The molecule has 0 bridgehead atoms. The third kappa shape index (κ3) is 2.99. The zero-order valence-electron chi connectivity index (χ0n) is 16.9. The molecule has 0 radical (unpaired) electrons. The Balaban J connectivity index is 1.37. The van der Waals surface area contributed by atoms with E-state index in [9.17, 15) is 9.59 Å². The number of hydrogen-bond acceptors (Lipinski definition) is 5. The number of fused-ring (bicyclic) bond motifs is 2. The van der Waals surface area contributed by atoms with Gasteiger partial charge in [0.2, 0.25) is 5.91 Å². The van der Waals surface area contributed by atoms with E-state index in [1.165, 1.54) is 17.7 Å². The highest BCUT2D eigenvalue weighted by molar-refractivity contribution is 7.13. The van der Waals surface area contributed by atoms with Crippen LogP contribution in [0.15, 0.2) is 12.1 Å². The highest BCUT2D eigenvalue weighted by Crippen LogP contribution is 2.44. The fraction of sp³-hybridized carbons (Fsp3) is 0.714. The lowest BCUT2D eigenvalue weighted by molar-refractivity contribution is -0.134. The lowest BCUT2D eigenvalue weighted by Crippen LogP contribution is -2.63. The van der Waals surface area contributed by atoms with Crippen LogP contribution in [-0.2, 0) is 4.79 Å². The second-order valence-electron chi connectivity index (χ2n) is 9.05. The summed E-state index contributed by atoms with van der Waals surface area (Å²) < 4.78 is 0. The number of rotatable bonds is 3. The van der Waals surface area contributed by atoms with E-state index in [0.29, 0.717) is 11.8 Å². The van der Waals surface area contributed by atoms with Gasteiger partial charge in [0, 0.05) is 57.0 Å². The maximum absolute atomic E-state index is 13.3. The van der Waals surface area contributed by atoms with Crippen LogP contribution in [0.1, 0.15) is 40.2 Å². The average molecular weight is 403 g/mol. The number of amides is 2. The van der Waals surface area contributed by atoms with Gasteiger partial charge in [0.05, 0.1) is 4.88 Å². The van der Waals surface area contributed by atoms with Crippen LogP contribution in [0.2, 0.25) is 0 Å². The summed E-state index contributed by atoms with van der Waals surface area (Å²) >= 11 is 1.58. The molecule has 0 aromatic carbocycles.